The highest BCUT2D eigenvalue weighted by molar-refractivity contribution is 7.07. The SMILES string of the molecule is CCOc1cc(/C=c2\sc3n(c2=O)[C@@H](c2cccc(OC)c2)C(C(=O)Nc2ccccc2)=C(C)N=3)ccc1OCc1ccc(Cl)cc1Cl. The zero-order valence-electron chi connectivity index (χ0n) is 26.3. The number of hydrogen-bond donors (Lipinski definition) is 1. The number of nitrogens with zero attached hydrogens (tertiary/aromatic N) is 2. The van der Waals surface area contributed by atoms with Crippen molar-refractivity contribution >= 4 is 52.2 Å². The van der Waals surface area contributed by atoms with Crippen molar-refractivity contribution in [3.63, 3.8) is 0 Å². The Morgan fingerprint density at radius 3 is 2.54 bits per heavy atom. The molecule has 5 aromatic rings. The summed E-state index contributed by atoms with van der Waals surface area (Å²) >= 11 is 13.6. The molecule has 0 unspecified atom stereocenters. The van der Waals surface area contributed by atoms with Crippen LogP contribution in [0.1, 0.15) is 36.6 Å². The number of ether oxygens (including phenoxy) is 3. The smallest absolute Gasteiger partial charge is 0.271 e. The number of thiazole rings is 1. The molecule has 1 atom stereocenters. The maximum atomic E-state index is 14.2. The average molecular weight is 701 g/mol. The maximum Gasteiger partial charge on any atom is 0.271 e. The fourth-order valence-electron chi connectivity index (χ4n) is 5.41. The van der Waals surface area contributed by atoms with Crippen LogP contribution < -0.4 is 34.4 Å². The Hall–Kier alpha value is -4.83. The van der Waals surface area contributed by atoms with Crippen molar-refractivity contribution in [2.75, 3.05) is 19.0 Å². The summed E-state index contributed by atoms with van der Waals surface area (Å²) in [5, 5.41) is 4.03. The lowest BCUT2D eigenvalue weighted by atomic mass is 9.95. The van der Waals surface area contributed by atoms with Crippen molar-refractivity contribution in [2.24, 2.45) is 4.99 Å². The van der Waals surface area contributed by atoms with Gasteiger partial charge >= 0.3 is 0 Å². The van der Waals surface area contributed by atoms with Crippen LogP contribution in [0, 0.1) is 0 Å². The van der Waals surface area contributed by atoms with Gasteiger partial charge in [-0.15, -0.1) is 0 Å². The highest BCUT2D eigenvalue weighted by atomic mass is 35.5. The van der Waals surface area contributed by atoms with Crippen molar-refractivity contribution in [2.45, 2.75) is 26.5 Å². The van der Waals surface area contributed by atoms with Gasteiger partial charge in [0.05, 0.1) is 35.6 Å². The molecule has 8 nitrogen and oxygen atoms in total. The summed E-state index contributed by atoms with van der Waals surface area (Å²) in [4.78, 5) is 33.3. The number of carbonyl (C=O) groups excluding carboxylic acids is 1. The summed E-state index contributed by atoms with van der Waals surface area (Å²) in [5.74, 6) is 1.32. The fourth-order valence-corrected chi connectivity index (χ4v) is 6.92. The number of benzene rings is 4. The molecule has 0 saturated heterocycles. The number of rotatable bonds is 10. The third kappa shape index (κ3) is 7.04. The molecule has 11 heteroatoms. The summed E-state index contributed by atoms with van der Waals surface area (Å²) in [5.41, 5.74) is 3.48. The Morgan fingerprint density at radius 2 is 1.79 bits per heavy atom. The molecule has 1 amide bonds. The van der Waals surface area contributed by atoms with Crippen LogP contribution >= 0.6 is 34.5 Å². The van der Waals surface area contributed by atoms with E-state index in [0.29, 0.717) is 60.2 Å². The molecular weight excluding hydrogens is 669 g/mol. The Kier molecular flexibility index (Phi) is 10.0. The number of hydrogen-bond acceptors (Lipinski definition) is 7. The maximum absolute atomic E-state index is 14.2. The summed E-state index contributed by atoms with van der Waals surface area (Å²) in [6.07, 6.45) is 1.79. The van der Waals surface area contributed by atoms with E-state index in [9.17, 15) is 9.59 Å². The van der Waals surface area contributed by atoms with Gasteiger partial charge in [0.1, 0.15) is 12.4 Å². The lowest BCUT2D eigenvalue weighted by Crippen LogP contribution is -2.40. The first-order chi connectivity index (χ1) is 23.2. The molecule has 4 aromatic carbocycles. The van der Waals surface area contributed by atoms with E-state index in [2.05, 4.69) is 5.32 Å². The third-order valence-electron chi connectivity index (χ3n) is 7.67. The van der Waals surface area contributed by atoms with Crippen LogP contribution in [-0.2, 0) is 11.4 Å². The number of aromatic nitrogens is 1. The Labute approximate surface area is 291 Å². The minimum absolute atomic E-state index is 0.220. The molecule has 1 aromatic heterocycles. The average Bonchev–Trinajstić information content (AvgIpc) is 3.38. The van der Waals surface area contributed by atoms with Crippen LogP contribution in [-0.4, -0.2) is 24.2 Å². The van der Waals surface area contributed by atoms with Gasteiger partial charge in [0.25, 0.3) is 11.5 Å². The van der Waals surface area contributed by atoms with Crippen LogP contribution in [0.5, 0.6) is 17.2 Å². The van der Waals surface area contributed by atoms with Gasteiger partial charge in [0, 0.05) is 21.3 Å². The van der Waals surface area contributed by atoms with Gasteiger partial charge in [-0.05, 0) is 79.6 Å². The minimum Gasteiger partial charge on any atom is -0.497 e. The highest BCUT2D eigenvalue weighted by Crippen LogP contribution is 2.33. The number of nitrogens with one attached hydrogen (secondary N) is 1. The molecule has 0 radical (unpaired) electrons. The molecule has 1 N–H and O–H groups in total. The molecule has 1 aliphatic heterocycles. The zero-order valence-corrected chi connectivity index (χ0v) is 28.7. The van der Waals surface area contributed by atoms with Gasteiger partial charge in [-0.25, -0.2) is 4.99 Å². The standard InChI is InChI=1S/C37H31Cl2N3O5S/c1-4-46-31-17-23(13-16-30(31)47-21-25-14-15-26(38)20-29(25)39)18-32-36(44)42-34(24-9-8-12-28(19-24)45-3)33(22(2)40-37(42)48-32)35(43)41-27-10-6-5-7-11-27/h5-20,34H,4,21H2,1-3H3,(H,41,43)/b32-18-/t34-/m0/s1. The second-order valence-corrected chi connectivity index (χ2v) is 12.7. The Balaban J connectivity index is 1.39. The van der Waals surface area contributed by atoms with Gasteiger partial charge in [-0.2, -0.15) is 0 Å². The number of carbonyl (C=O) groups is 1. The Morgan fingerprint density at radius 1 is 0.979 bits per heavy atom. The van der Waals surface area contributed by atoms with Gasteiger partial charge in [-0.1, -0.05) is 77.0 Å². The molecule has 0 aliphatic carbocycles. The number of para-hydroxylation sites is 1. The number of allylic oxidation sites excluding steroid dienone is 1. The van der Waals surface area contributed by atoms with Gasteiger partial charge in [0.15, 0.2) is 16.3 Å². The van der Waals surface area contributed by atoms with Crippen molar-refractivity contribution in [1.29, 1.82) is 0 Å². The zero-order chi connectivity index (χ0) is 33.8. The number of methoxy groups -OCH3 is 1. The monoisotopic (exact) mass is 699 g/mol. The van der Waals surface area contributed by atoms with Crippen LogP contribution in [0.4, 0.5) is 5.69 Å². The van der Waals surface area contributed by atoms with Crippen LogP contribution in [0.15, 0.2) is 112 Å². The summed E-state index contributed by atoms with van der Waals surface area (Å²) < 4.78 is 19.5. The van der Waals surface area contributed by atoms with Crippen LogP contribution in [0.2, 0.25) is 10.0 Å². The van der Waals surface area contributed by atoms with E-state index in [1.807, 2.05) is 79.7 Å². The fraction of sp³-hybridized carbons (Fsp3) is 0.162. The molecule has 0 bridgehead atoms. The topological polar surface area (TPSA) is 91.2 Å². The van der Waals surface area contributed by atoms with E-state index in [1.165, 1.54) is 11.3 Å². The summed E-state index contributed by atoms with van der Waals surface area (Å²) in [6, 6.07) is 26.5. The van der Waals surface area contributed by atoms with Crippen molar-refractivity contribution in [1.82, 2.24) is 4.57 Å². The first-order valence-electron chi connectivity index (χ1n) is 15.1. The van der Waals surface area contributed by atoms with Crippen LogP contribution in [0.3, 0.4) is 0 Å². The lowest BCUT2D eigenvalue weighted by Gasteiger charge is -2.25. The van der Waals surface area contributed by atoms with Crippen LogP contribution in [0.25, 0.3) is 6.08 Å². The molecule has 0 fully saturated rings. The summed E-state index contributed by atoms with van der Waals surface area (Å²) in [6.45, 7) is 4.31. The summed E-state index contributed by atoms with van der Waals surface area (Å²) in [7, 11) is 1.58. The predicted octanol–water partition coefficient (Wildman–Crippen LogP) is 7.17. The number of fused-ring (bicyclic) bond motifs is 1. The van der Waals surface area contributed by atoms with Crippen molar-refractivity contribution in [3.05, 3.63) is 149 Å². The molecule has 244 valence electrons. The largest absolute Gasteiger partial charge is 0.497 e. The van der Waals surface area contributed by atoms with E-state index in [0.717, 1.165) is 16.7 Å². The lowest BCUT2D eigenvalue weighted by molar-refractivity contribution is -0.113. The minimum atomic E-state index is -0.739. The van der Waals surface area contributed by atoms with Gasteiger partial charge in [0.2, 0.25) is 0 Å². The molecule has 2 heterocycles. The second-order valence-electron chi connectivity index (χ2n) is 10.8. The molecular formula is C37H31Cl2N3O5S. The predicted molar refractivity (Wildman–Crippen MR) is 190 cm³/mol. The van der Waals surface area contributed by atoms with Crippen molar-refractivity contribution in [3.8, 4) is 17.2 Å². The first kappa shape index (κ1) is 33.1. The normalized spacial score (nSPS) is 14.3. The van der Waals surface area contributed by atoms with E-state index in [4.69, 9.17) is 42.4 Å². The molecule has 1 aliphatic rings. The van der Waals surface area contributed by atoms with E-state index in [-0.39, 0.29) is 18.1 Å². The van der Waals surface area contributed by atoms with Gasteiger partial charge < -0.3 is 19.5 Å². The number of halogens is 2. The van der Waals surface area contributed by atoms with Gasteiger partial charge in [-0.3, -0.25) is 14.2 Å². The number of amides is 1. The molecule has 48 heavy (non-hydrogen) atoms. The Bertz CT molecular complexity index is 2210. The van der Waals surface area contributed by atoms with E-state index < -0.39 is 6.04 Å². The van der Waals surface area contributed by atoms with E-state index in [1.54, 1.807) is 42.9 Å². The third-order valence-corrected chi connectivity index (χ3v) is 9.24. The van der Waals surface area contributed by atoms with E-state index >= 15 is 0 Å². The highest BCUT2D eigenvalue weighted by Gasteiger charge is 2.32. The number of anilines is 1. The molecule has 0 spiro atoms. The first-order valence-corrected chi connectivity index (χ1v) is 16.7. The second kappa shape index (κ2) is 14.5. The molecule has 0 saturated carbocycles. The van der Waals surface area contributed by atoms with Crippen molar-refractivity contribution < 1.29 is 19.0 Å². The quantitative estimate of drug-likeness (QED) is 0.167. The molecule has 6 rings (SSSR count).